The fraction of sp³-hybridized carbons (Fsp3) is 0.385. The van der Waals surface area contributed by atoms with Gasteiger partial charge in [0.25, 0.3) is 0 Å². The van der Waals surface area contributed by atoms with Crippen LogP contribution in [-0.4, -0.2) is 43.3 Å². The summed E-state index contributed by atoms with van der Waals surface area (Å²) in [7, 11) is 1.30. The third-order valence-electron chi connectivity index (χ3n) is 2.60. The molecule has 0 spiro atoms. The van der Waals surface area contributed by atoms with Crippen LogP contribution in [0.5, 0.6) is 0 Å². The van der Waals surface area contributed by atoms with E-state index in [1.807, 2.05) is 13.0 Å². The van der Waals surface area contributed by atoms with Crippen LogP contribution in [0.1, 0.15) is 6.92 Å². The van der Waals surface area contributed by atoms with Gasteiger partial charge in [-0.2, -0.15) is 0 Å². The van der Waals surface area contributed by atoms with Crippen molar-refractivity contribution >= 4 is 12.1 Å². The van der Waals surface area contributed by atoms with Gasteiger partial charge in [-0.15, -0.1) is 0 Å². The molecule has 0 aromatic rings. The SMILES string of the molecule is C=C/C(C)=C\CN1C(=O)OC[C@@H]1/C=C/C(=O)OC. The number of amides is 1. The number of esters is 1. The zero-order valence-corrected chi connectivity index (χ0v) is 10.6. The lowest BCUT2D eigenvalue weighted by molar-refractivity contribution is -0.134. The van der Waals surface area contributed by atoms with Crippen LogP contribution in [0.2, 0.25) is 0 Å². The number of carbonyl (C=O) groups excluding carboxylic acids is 2. The predicted octanol–water partition coefficient (Wildman–Crippen LogP) is 1.67. The summed E-state index contributed by atoms with van der Waals surface area (Å²) < 4.78 is 9.43. The normalized spacial score (nSPS) is 20.1. The van der Waals surface area contributed by atoms with E-state index in [-0.39, 0.29) is 18.7 Å². The second-order valence-electron chi connectivity index (χ2n) is 3.83. The lowest BCUT2D eigenvalue weighted by Crippen LogP contribution is -2.32. The number of rotatable bonds is 5. The van der Waals surface area contributed by atoms with Crippen LogP contribution in [0.4, 0.5) is 4.79 Å². The fourth-order valence-electron chi connectivity index (χ4n) is 1.42. The number of allylic oxidation sites excluding steroid dienone is 2. The van der Waals surface area contributed by atoms with Crippen LogP contribution in [0.25, 0.3) is 0 Å². The Morgan fingerprint density at radius 1 is 1.67 bits per heavy atom. The van der Waals surface area contributed by atoms with Gasteiger partial charge in [0, 0.05) is 12.6 Å². The molecule has 1 rings (SSSR count). The molecular formula is C13H17NO4. The number of cyclic esters (lactones) is 1. The van der Waals surface area contributed by atoms with Crippen LogP contribution in [0.15, 0.2) is 36.5 Å². The summed E-state index contributed by atoms with van der Waals surface area (Å²) in [6, 6.07) is -0.245. The second-order valence-corrected chi connectivity index (χ2v) is 3.83. The molecule has 5 nitrogen and oxygen atoms in total. The Balaban J connectivity index is 2.67. The van der Waals surface area contributed by atoms with Crippen LogP contribution in [0, 0.1) is 0 Å². The number of hydrogen-bond acceptors (Lipinski definition) is 4. The van der Waals surface area contributed by atoms with E-state index < -0.39 is 5.97 Å². The molecule has 1 aliphatic rings. The maximum Gasteiger partial charge on any atom is 0.410 e. The van der Waals surface area contributed by atoms with Crippen LogP contribution >= 0.6 is 0 Å². The molecule has 1 atom stereocenters. The third-order valence-corrected chi connectivity index (χ3v) is 2.60. The largest absolute Gasteiger partial charge is 0.466 e. The first-order valence-corrected chi connectivity index (χ1v) is 5.57. The van der Waals surface area contributed by atoms with Crippen molar-refractivity contribution in [2.75, 3.05) is 20.3 Å². The van der Waals surface area contributed by atoms with E-state index in [1.54, 1.807) is 12.2 Å². The zero-order chi connectivity index (χ0) is 13.5. The smallest absolute Gasteiger partial charge is 0.410 e. The van der Waals surface area contributed by atoms with Crippen molar-refractivity contribution < 1.29 is 19.1 Å². The summed E-state index contributed by atoms with van der Waals surface area (Å²) in [6.45, 7) is 6.20. The Morgan fingerprint density at radius 2 is 2.39 bits per heavy atom. The molecule has 1 fully saturated rings. The van der Waals surface area contributed by atoms with Crippen molar-refractivity contribution in [3.63, 3.8) is 0 Å². The van der Waals surface area contributed by atoms with Crippen LogP contribution in [-0.2, 0) is 14.3 Å². The summed E-state index contributed by atoms with van der Waals surface area (Å²) in [5.41, 5.74) is 0.977. The molecular weight excluding hydrogens is 234 g/mol. The molecule has 5 heteroatoms. The molecule has 98 valence electrons. The van der Waals surface area contributed by atoms with Crippen LogP contribution in [0.3, 0.4) is 0 Å². The molecule has 1 aliphatic heterocycles. The fourth-order valence-corrected chi connectivity index (χ4v) is 1.42. The van der Waals surface area contributed by atoms with E-state index >= 15 is 0 Å². The topological polar surface area (TPSA) is 55.8 Å². The van der Waals surface area contributed by atoms with E-state index in [0.29, 0.717) is 6.54 Å². The second kappa shape index (κ2) is 6.64. The van der Waals surface area contributed by atoms with Gasteiger partial charge in [-0.1, -0.05) is 30.4 Å². The number of nitrogens with zero attached hydrogens (tertiary/aromatic N) is 1. The lowest BCUT2D eigenvalue weighted by Gasteiger charge is -2.16. The number of hydrogen-bond donors (Lipinski definition) is 0. The average Bonchev–Trinajstić information content (AvgIpc) is 2.73. The molecule has 0 aromatic heterocycles. The maximum atomic E-state index is 11.5. The van der Waals surface area contributed by atoms with Crippen molar-refractivity contribution in [2.45, 2.75) is 13.0 Å². The highest BCUT2D eigenvalue weighted by molar-refractivity contribution is 5.82. The first kappa shape index (κ1) is 14.0. The first-order valence-electron chi connectivity index (χ1n) is 5.57. The highest BCUT2D eigenvalue weighted by Gasteiger charge is 2.30. The first-order chi connectivity index (χ1) is 8.58. The molecule has 0 radical (unpaired) electrons. The molecule has 0 saturated carbocycles. The quantitative estimate of drug-likeness (QED) is 0.423. The molecule has 1 heterocycles. The average molecular weight is 251 g/mol. The summed E-state index contributed by atoms with van der Waals surface area (Å²) in [6.07, 6.45) is 6.10. The molecule has 1 saturated heterocycles. The summed E-state index contributed by atoms with van der Waals surface area (Å²) in [5, 5.41) is 0. The zero-order valence-electron chi connectivity index (χ0n) is 10.6. The number of methoxy groups -OCH3 is 1. The molecule has 0 unspecified atom stereocenters. The van der Waals surface area contributed by atoms with E-state index in [0.717, 1.165) is 5.57 Å². The van der Waals surface area contributed by atoms with E-state index in [1.165, 1.54) is 18.1 Å². The minimum atomic E-state index is -0.452. The Labute approximate surface area is 106 Å². The molecule has 18 heavy (non-hydrogen) atoms. The van der Waals surface area contributed by atoms with Gasteiger partial charge in [0.15, 0.2) is 0 Å². The summed E-state index contributed by atoms with van der Waals surface area (Å²) >= 11 is 0. The van der Waals surface area contributed by atoms with Gasteiger partial charge >= 0.3 is 12.1 Å². The van der Waals surface area contributed by atoms with Gasteiger partial charge < -0.3 is 9.47 Å². The molecule has 0 aromatic carbocycles. The van der Waals surface area contributed by atoms with Gasteiger partial charge in [0.05, 0.1) is 13.2 Å². The van der Waals surface area contributed by atoms with E-state index in [9.17, 15) is 9.59 Å². The number of ether oxygens (including phenoxy) is 2. The Hall–Kier alpha value is -2.04. The van der Waals surface area contributed by atoms with Gasteiger partial charge in [0.1, 0.15) is 6.61 Å². The lowest BCUT2D eigenvalue weighted by atomic mass is 10.2. The van der Waals surface area contributed by atoms with Crippen LogP contribution < -0.4 is 0 Å². The van der Waals surface area contributed by atoms with E-state index in [2.05, 4.69) is 11.3 Å². The summed E-state index contributed by atoms with van der Waals surface area (Å²) in [4.78, 5) is 24.0. The van der Waals surface area contributed by atoms with Gasteiger partial charge in [-0.25, -0.2) is 9.59 Å². The molecule has 1 amide bonds. The van der Waals surface area contributed by atoms with Gasteiger partial charge in [-0.3, -0.25) is 4.90 Å². The highest BCUT2D eigenvalue weighted by Crippen LogP contribution is 2.14. The Morgan fingerprint density at radius 3 is 3.00 bits per heavy atom. The van der Waals surface area contributed by atoms with Crippen molar-refractivity contribution in [3.8, 4) is 0 Å². The van der Waals surface area contributed by atoms with Gasteiger partial charge in [0.2, 0.25) is 0 Å². The summed E-state index contributed by atoms with van der Waals surface area (Å²) in [5.74, 6) is -0.452. The van der Waals surface area contributed by atoms with Crippen molar-refractivity contribution in [1.82, 2.24) is 4.90 Å². The van der Waals surface area contributed by atoms with Crippen molar-refractivity contribution in [3.05, 3.63) is 36.5 Å². The van der Waals surface area contributed by atoms with E-state index in [4.69, 9.17) is 4.74 Å². The minimum Gasteiger partial charge on any atom is -0.466 e. The monoisotopic (exact) mass is 251 g/mol. The Bertz CT molecular complexity index is 398. The third kappa shape index (κ3) is 3.76. The maximum absolute atomic E-state index is 11.5. The Kier molecular flexibility index (Phi) is 5.17. The van der Waals surface area contributed by atoms with Gasteiger partial charge in [-0.05, 0) is 6.92 Å². The molecule has 0 N–H and O–H groups in total. The molecule has 0 bridgehead atoms. The van der Waals surface area contributed by atoms with Crippen molar-refractivity contribution in [1.29, 1.82) is 0 Å². The minimum absolute atomic E-state index is 0.243. The van der Waals surface area contributed by atoms with Crippen molar-refractivity contribution in [2.24, 2.45) is 0 Å². The highest BCUT2D eigenvalue weighted by atomic mass is 16.6. The predicted molar refractivity (Wildman–Crippen MR) is 67.0 cm³/mol. The molecule has 0 aliphatic carbocycles. The standard InChI is InChI=1S/C13H17NO4/c1-4-10(2)7-8-14-11(9-18-13(14)16)5-6-12(15)17-3/h4-7,11H,1,8-9H2,2-3H3/b6-5+,10-7-/t11-/m0/s1. The number of carbonyl (C=O) groups is 2.